The second-order valence-electron chi connectivity index (χ2n) is 7.92. The monoisotopic (exact) mass is 466 g/mol. The smallest absolute Gasteiger partial charge is 0.163 e. The summed E-state index contributed by atoms with van der Waals surface area (Å²) in [5, 5.41) is 7.14. The molecule has 0 saturated carbocycles. The minimum atomic E-state index is -0.238. The van der Waals surface area contributed by atoms with Gasteiger partial charge in [0.15, 0.2) is 17.3 Å². The summed E-state index contributed by atoms with van der Waals surface area (Å²) < 4.78 is 11.6. The standard InChI is InChI=1S/C25H23ClN2O3S/c1-30-20-8-7-14(13-21(20)31-2)15-11-18-24(19(29)12-15)25(22-9-10-23(26)32-22)28-17-6-4-3-5-16(17)27-18/h3-10,13,15,25,27-28H,11-12H2,1-2H3/t15-,25+/m0/s1. The lowest BCUT2D eigenvalue weighted by molar-refractivity contribution is -0.116. The molecule has 1 aromatic heterocycles. The third kappa shape index (κ3) is 3.74. The molecule has 7 heteroatoms. The molecule has 0 bridgehead atoms. The van der Waals surface area contributed by atoms with E-state index in [-0.39, 0.29) is 17.7 Å². The fourth-order valence-corrected chi connectivity index (χ4v) is 5.65. The Morgan fingerprint density at radius 2 is 1.75 bits per heavy atom. The van der Waals surface area contributed by atoms with Crippen molar-refractivity contribution in [1.29, 1.82) is 0 Å². The van der Waals surface area contributed by atoms with Crippen molar-refractivity contribution in [2.45, 2.75) is 24.8 Å². The van der Waals surface area contributed by atoms with Crippen molar-refractivity contribution >= 4 is 40.1 Å². The molecule has 0 saturated heterocycles. The molecule has 2 atom stereocenters. The first-order valence-corrected chi connectivity index (χ1v) is 11.6. The summed E-state index contributed by atoms with van der Waals surface area (Å²) in [5.74, 6) is 1.53. The highest BCUT2D eigenvalue weighted by Gasteiger charge is 2.36. The van der Waals surface area contributed by atoms with Gasteiger partial charge in [0.05, 0.1) is 36.0 Å². The van der Waals surface area contributed by atoms with Gasteiger partial charge in [-0.05, 0) is 54.3 Å². The minimum absolute atomic E-state index is 0.0476. The van der Waals surface area contributed by atoms with E-state index in [1.54, 1.807) is 14.2 Å². The van der Waals surface area contributed by atoms with Crippen LogP contribution >= 0.6 is 22.9 Å². The highest BCUT2D eigenvalue weighted by atomic mass is 35.5. The molecular formula is C25H23ClN2O3S. The predicted octanol–water partition coefficient (Wildman–Crippen LogP) is 6.40. The summed E-state index contributed by atoms with van der Waals surface area (Å²) in [4.78, 5) is 14.6. The maximum Gasteiger partial charge on any atom is 0.163 e. The summed E-state index contributed by atoms with van der Waals surface area (Å²) >= 11 is 7.74. The van der Waals surface area contributed by atoms with Gasteiger partial charge in [-0.15, -0.1) is 11.3 Å². The van der Waals surface area contributed by atoms with E-state index in [1.807, 2.05) is 54.6 Å². The van der Waals surface area contributed by atoms with Gasteiger partial charge >= 0.3 is 0 Å². The van der Waals surface area contributed by atoms with Gasteiger partial charge in [-0.3, -0.25) is 4.79 Å². The number of hydrogen-bond acceptors (Lipinski definition) is 6. The molecule has 164 valence electrons. The fraction of sp³-hybridized carbons (Fsp3) is 0.240. The van der Waals surface area contributed by atoms with E-state index >= 15 is 0 Å². The van der Waals surface area contributed by atoms with Crippen LogP contribution in [-0.2, 0) is 4.79 Å². The largest absolute Gasteiger partial charge is 0.493 e. The number of thiophene rings is 1. The third-order valence-corrected chi connectivity index (χ3v) is 7.36. The molecule has 32 heavy (non-hydrogen) atoms. The summed E-state index contributed by atoms with van der Waals surface area (Å²) in [6.07, 6.45) is 1.16. The number of carbonyl (C=O) groups is 1. The van der Waals surface area contributed by atoms with Crippen LogP contribution in [0.3, 0.4) is 0 Å². The number of anilines is 2. The molecule has 1 aliphatic carbocycles. The Hall–Kier alpha value is -2.96. The molecular weight excluding hydrogens is 444 g/mol. The van der Waals surface area contributed by atoms with E-state index in [0.29, 0.717) is 22.3 Å². The molecule has 5 nitrogen and oxygen atoms in total. The van der Waals surface area contributed by atoms with E-state index in [2.05, 4.69) is 10.6 Å². The quantitative estimate of drug-likeness (QED) is 0.466. The van der Waals surface area contributed by atoms with Crippen molar-refractivity contribution in [3.05, 3.63) is 80.6 Å². The zero-order valence-corrected chi connectivity index (χ0v) is 19.3. The number of halogens is 1. The van der Waals surface area contributed by atoms with Crippen LogP contribution in [-0.4, -0.2) is 20.0 Å². The predicted molar refractivity (Wildman–Crippen MR) is 129 cm³/mol. The van der Waals surface area contributed by atoms with Gasteiger partial charge in [-0.1, -0.05) is 29.8 Å². The van der Waals surface area contributed by atoms with Gasteiger partial charge in [-0.25, -0.2) is 0 Å². The molecule has 3 aromatic rings. The first kappa shape index (κ1) is 20.9. The van der Waals surface area contributed by atoms with Crippen molar-refractivity contribution < 1.29 is 14.3 Å². The first-order valence-electron chi connectivity index (χ1n) is 10.4. The molecule has 0 fully saturated rings. The van der Waals surface area contributed by atoms with Crippen molar-refractivity contribution in [3.63, 3.8) is 0 Å². The van der Waals surface area contributed by atoms with Crippen LogP contribution in [0.5, 0.6) is 11.5 Å². The van der Waals surface area contributed by atoms with Gasteiger partial charge in [0.1, 0.15) is 0 Å². The van der Waals surface area contributed by atoms with Crippen LogP contribution in [0.2, 0.25) is 4.34 Å². The average molecular weight is 467 g/mol. The number of ketones is 1. The highest BCUT2D eigenvalue weighted by molar-refractivity contribution is 7.16. The number of ether oxygens (including phenoxy) is 2. The zero-order valence-electron chi connectivity index (χ0n) is 17.8. The molecule has 0 unspecified atom stereocenters. The number of rotatable bonds is 4. The van der Waals surface area contributed by atoms with Crippen molar-refractivity contribution in [1.82, 2.24) is 0 Å². The number of nitrogens with one attached hydrogen (secondary N) is 2. The molecule has 5 rings (SSSR count). The molecule has 0 radical (unpaired) electrons. The molecule has 0 amide bonds. The van der Waals surface area contributed by atoms with E-state index in [1.165, 1.54) is 11.3 Å². The second-order valence-corrected chi connectivity index (χ2v) is 9.67. The van der Waals surface area contributed by atoms with Gasteiger partial charge in [0.25, 0.3) is 0 Å². The Bertz CT molecular complexity index is 1220. The summed E-state index contributed by atoms with van der Waals surface area (Å²) in [7, 11) is 3.25. The molecule has 2 heterocycles. The van der Waals surface area contributed by atoms with E-state index in [0.717, 1.165) is 39.5 Å². The topological polar surface area (TPSA) is 59.6 Å². The number of Topliss-reactive ketones (excluding diaryl/α,β-unsaturated/α-hetero) is 1. The molecule has 2 aromatic carbocycles. The number of hydrogen-bond donors (Lipinski definition) is 2. The third-order valence-electron chi connectivity index (χ3n) is 6.07. The van der Waals surface area contributed by atoms with E-state index in [4.69, 9.17) is 21.1 Å². The maximum atomic E-state index is 13.6. The van der Waals surface area contributed by atoms with E-state index in [9.17, 15) is 4.79 Å². The number of carbonyl (C=O) groups excluding carboxylic acids is 1. The summed E-state index contributed by atoms with van der Waals surface area (Å²) in [6.45, 7) is 0. The van der Waals surface area contributed by atoms with Crippen LogP contribution in [0, 0.1) is 0 Å². The van der Waals surface area contributed by atoms with Crippen molar-refractivity contribution in [3.8, 4) is 11.5 Å². The lowest BCUT2D eigenvalue weighted by Gasteiger charge is -2.29. The fourth-order valence-electron chi connectivity index (χ4n) is 4.53. The summed E-state index contributed by atoms with van der Waals surface area (Å²) in [6, 6.07) is 17.6. The molecule has 2 N–H and O–H groups in total. The van der Waals surface area contributed by atoms with Crippen molar-refractivity contribution in [2.24, 2.45) is 0 Å². The number of para-hydroxylation sites is 2. The van der Waals surface area contributed by atoms with Gasteiger partial charge < -0.3 is 20.1 Å². The van der Waals surface area contributed by atoms with Crippen molar-refractivity contribution in [2.75, 3.05) is 24.9 Å². The zero-order chi connectivity index (χ0) is 22.2. The Balaban J connectivity index is 1.57. The van der Waals surface area contributed by atoms with Crippen LogP contribution in [0.15, 0.2) is 65.9 Å². The lowest BCUT2D eigenvalue weighted by atomic mass is 9.79. The number of fused-ring (bicyclic) bond motifs is 1. The number of methoxy groups -OCH3 is 2. The maximum absolute atomic E-state index is 13.6. The Morgan fingerprint density at radius 1 is 0.969 bits per heavy atom. The van der Waals surface area contributed by atoms with Gasteiger partial charge in [-0.2, -0.15) is 0 Å². The SMILES string of the molecule is COc1ccc([C@@H]2CC(=O)C3=C(C2)Nc2ccccc2N[C@@H]3c2ccc(Cl)s2)cc1OC. The average Bonchev–Trinajstić information content (AvgIpc) is 3.16. The lowest BCUT2D eigenvalue weighted by Crippen LogP contribution is -2.26. The molecule has 1 aliphatic heterocycles. The summed E-state index contributed by atoms with van der Waals surface area (Å²) in [5.41, 5.74) is 4.73. The van der Waals surface area contributed by atoms with Crippen LogP contribution in [0.25, 0.3) is 0 Å². The minimum Gasteiger partial charge on any atom is -0.493 e. The highest BCUT2D eigenvalue weighted by Crippen LogP contribution is 2.46. The van der Waals surface area contributed by atoms with Crippen LogP contribution in [0.4, 0.5) is 11.4 Å². The number of allylic oxidation sites excluding steroid dienone is 1. The van der Waals surface area contributed by atoms with Crippen LogP contribution < -0.4 is 20.1 Å². The Kier molecular flexibility index (Phi) is 5.57. The Morgan fingerprint density at radius 3 is 2.47 bits per heavy atom. The normalized spacial score (nSPS) is 19.9. The van der Waals surface area contributed by atoms with E-state index < -0.39 is 0 Å². The second kappa shape index (κ2) is 8.52. The van der Waals surface area contributed by atoms with Gasteiger partial charge in [0.2, 0.25) is 0 Å². The number of benzene rings is 2. The van der Waals surface area contributed by atoms with Gasteiger partial charge in [0, 0.05) is 22.6 Å². The first-order chi connectivity index (χ1) is 15.6. The van der Waals surface area contributed by atoms with Crippen LogP contribution in [0.1, 0.15) is 35.2 Å². The Labute approximate surface area is 196 Å². The molecule has 0 spiro atoms. The molecule has 2 aliphatic rings.